The molecule has 15 heavy (non-hydrogen) atoms. The molecule has 78 valence electrons. The maximum Gasteiger partial charge on any atom is 0.0923 e. The first-order chi connectivity index (χ1) is 7.18. The van der Waals surface area contributed by atoms with E-state index in [-0.39, 0.29) is 0 Å². The summed E-state index contributed by atoms with van der Waals surface area (Å²) in [6.07, 6.45) is 3.70. The monoisotopic (exact) mass is 200 g/mol. The molecule has 0 saturated heterocycles. The predicted octanol–water partition coefficient (Wildman–Crippen LogP) is 3.18. The Balaban J connectivity index is 2.41. The van der Waals surface area contributed by atoms with Gasteiger partial charge in [-0.25, -0.2) is 4.98 Å². The molecule has 0 aliphatic heterocycles. The Morgan fingerprint density at radius 1 is 1.27 bits per heavy atom. The van der Waals surface area contributed by atoms with E-state index in [1.54, 1.807) is 6.33 Å². The highest BCUT2D eigenvalue weighted by Gasteiger charge is 2.12. The Bertz CT molecular complexity index is 444. The number of benzene rings is 1. The molecule has 2 aromatic rings. The SMILES string of the molecule is Cc1ccc(C)c(C(C)c2c[nH]cn2)c1. The summed E-state index contributed by atoms with van der Waals surface area (Å²) < 4.78 is 0. The molecule has 1 N–H and O–H groups in total. The van der Waals surface area contributed by atoms with Crippen molar-refractivity contribution in [2.75, 3.05) is 0 Å². The fraction of sp³-hybridized carbons (Fsp3) is 0.308. The van der Waals surface area contributed by atoms with Crippen LogP contribution < -0.4 is 0 Å². The molecule has 0 spiro atoms. The second-order valence-corrected chi connectivity index (χ2v) is 4.08. The molecule has 2 heteroatoms. The topological polar surface area (TPSA) is 28.7 Å². The lowest BCUT2D eigenvalue weighted by molar-refractivity contribution is 0.871. The third-order valence-electron chi connectivity index (χ3n) is 2.86. The largest absolute Gasteiger partial charge is 0.351 e. The number of hydrogen-bond acceptors (Lipinski definition) is 1. The average Bonchev–Trinajstić information content (AvgIpc) is 2.74. The number of nitrogens with one attached hydrogen (secondary N) is 1. The maximum absolute atomic E-state index is 4.31. The molecule has 2 nitrogen and oxygen atoms in total. The molecule has 0 saturated carbocycles. The Labute approximate surface area is 90.4 Å². The summed E-state index contributed by atoms with van der Waals surface area (Å²) in [6.45, 7) is 6.47. The molecule has 0 radical (unpaired) electrons. The van der Waals surface area contributed by atoms with E-state index in [4.69, 9.17) is 0 Å². The van der Waals surface area contributed by atoms with Crippen molar-refractivity contribution in [3.8, 4) is 0 Å². The minimum atomic E-state index is 0.358. The van der Waals surface area contributed by atoms with Crippen molar-refractivity contribution in [1.29, 1.82) is 0 Å². The van der Waals surface area contributed by atoms with Gasteiger partial charge in [0.05, 0.1) is 12.0 Å². The van der Waals surface area contributed by atoms with Gasteiger partial charge in [0.15, 0.2) is 0 Å². The molecule has 0 amide bonds. The summed E-state index contributed by atoms with van der Waals surface area (Å²) in [6, 6.07) is 6.57. The first-order valence-corrected chi connectivity index (χ1v) is 5.24. The van der Waals surface area contributed by atoms with E-state index in [2.05, 4.69) is 48.9 Å². The number of H-pyrrole nitrogens is 1. The number of aromatic nitrogens is 2. The molecular formula is C13H16N2. The number of aromatic amines is 1. The molecular weight excluding hydrogens is 184 g/mol. The number of rotatable bonds is 2. The lowest BCUT2D eigenvalue weighted by Gasteiger charge is -2.13. The van der Waals surface area contributed by atoms with E-state index in [0.717, 1.165) is 5.69 Å². The van der Waals surface area contributed by atoms with Crippen LogP contribution in [-0.2, 0) is 0 Å². The van der Waals surface area contributed by atoms with Crippen LogP contribution in [0.15, 0.2) is 30.7 Å². The lowest BCUT2D eigenvalue weighted by atomic mass is 9.93. The van der Waals surface area contributed by atoms with Crippen molar-refractivity contribution >= 4 is 0 Å². The minimum Gasteiger partial charge on any atom is -0.351 e. The molecule has 0 fully saturated rings. The van der Waals surface area contributed by atoms with Gasteiger partial charge in [-0.3, -0.25) is 0 Å². The Hall–Kier alpha value is -1.57. The summed E-state index contributed by atoms with van der Waals surface area (Å²) in [4.78, 5) is 7.31. The first-order valence-electron chi connectivity index (χ1n) is 5.24. The van der Waals surface area contributed by atoms with Gasteiger partial charge in [-0.2, -0.15) is 0 Å². The van der Waals surface area contributed by atoms with Gasteiger partial charge in [0.2, 0.25) is 0 Å². The highest BCUT2D eigenvalue weighted by Crippen LogP contribution is 2.25. The van der Waals surface area contributed by atoms with Crippen molar-refractivity contribution in [2.45, 2.75) is 26.7 Å². The molecule has 1 atom stereocenters. The van der Waals surface area contributed by atoms with Crippen molar-refractivity contribution in [3.05, 3.63) is 53.1 Å². The van der Waals surface area contributed by atoms with E-state index in [0.29, 0.717) is 5.92 Å². The smallest absolute Gasteiger partial charge is 0.0923 e. The van der Waals surface area contributed by atoms with Crippen LogP contribution in [0.25, 0.3) is 0 Å². The summed E-state index contributed by atoms with van der Waals surface area (Å²) in [5.74, 6) is 0.358. The molecule has 1 aromatic carbocycles. The lowest BCUT2D eigenvalue weighted by Crippen LogP contribution is -1.99. The van der Waals surface area contributed by atoms with Crippen LogP contribution >= 0.6 is 0 Å². The Kier molecular flexibility index (Phi) is 2.58. The van der Waals surface area contributed by atoms with Crippen molar-refractivity contribution in [2.24, 2.45) is 0 Å². The first kappa shape index (κ1) is 9.97. The van der Waals surface area contributed by atoms with Gasteiger partial charge in [-0.15, -0.1) is 0 Å². The summed E-state index contributed by atoms with van der Waals surface area (Å²) >= 11 is 0. The molecule has 1 unspecified atom stereocenters. The highest BCUT2D eigenvalue weighted by atomic mass is 14.9. The normalized spacial score (nSPS) is 12.7. The fourth-order valence-electron chi connectivity index (χ4n) is 1.89. The standard InChI is InChI=1S/C13H16N2/c1-9-4-5-10(2)12(6-9)11(3)13-7-14-8-15-13/h4-8,11H,1-3H3,(H,14,15). The van der Waals surface area contributed by atoms with Crippen molar-refractivity contribution in [3.63, 3.8) is 0 Å². The maximum atomic E-state index is 4.31. The van der Waals surface area contributed by atoms with Gasteiger partial charge in [0.25, 0.3) is 0 Å². The quantitative estimate of drug-likeness (QED) is 0.792. The van der Waals surface area contributed by atoms with Gasteiger partial charge in [-0.05, 0) is 25.0 Å². The van der Waals surface area contributed by atoms with E-state index in [1.165, 1.54) is 16.7 Å². The van der Waals surface area contributed by atoms with Crippen LogP contribution in [0.1, 0.15) is 35.2 Å². The Morgan fingerprint density at radius 3 is 2.73 bits per heavy atom. The number of aryl methyl sites for hydroxylation is 2. The van der Waals surface area contributed by atoms with Gasteiger partial charge in [0.1, 0.15) is 0 Å². The summed E-state index contributed by atoms with van der Waals surface area (Å²) in [5.41, 5.74) is 5.10. The highest BCUT2D eigenvalue weighted by molar-refractivity contribution is 5.36. The number of hydrogen-bond donors (Lipinski definition) is 1. The third-order valence-corrected chi connectivity index (χ3v) is 2.86. The molecule has 0 aliphatic carbocycles. The summed E-state index contributed by atoms with van der Waals surface area (Å²) in [5, 5.41) is 0. The summed E-state index contributed by atoms with van der Waals surface area (Å²) in [7, 11) is 0. The van der Waals surface area contributed by atoms with E-state index in [1.807, 2.05) is 6.20 Å². The number of nitrogens with zero attached hydrogens (tertiary/aromatic N) is 1. The van der Waals surface area contributed by atoms with E-state index in [9.17, 15) is 0 Å². The zero-order valence-corrected chi connectivity index (χ0v) is 9.41. The van der Waals surface area contributed by atoms with Gasteiger partial charge < -0.3 is 4.98 Å². The van der Waals surface area contributed by atoms with Crippen LogP contribution in [-0.4, -0.2) is 9.97 Å². The van der Waals surface area contributed by atoms with Crippen LogP contribution in [0.5, 0.6) is 0 Å². The van der Waals surface area contributed by atoms with Crippen LogP contribution in [0.2, 0.25) is 0 Å². The predicted molar refractivity (Wildman–Crippen MR) is 62.0 cm³/mol. The van der Waals surface area contributed by atoms with Gasteiger partial charge in [0, 0.05) is 12.1 Å². The molecule has 0 bridgehead atoms. The number of imidazole rings is 1. The van der Waals surface area contributed by atoms with E-state index < -0.39 is 0 Å². The fourth-order valence-corrected chi connectivity index (χ4v) is 1.89. The van der Waals surface area contributed by atoms with Gasteiger partial charge in [-0.1, -0.05) is 30.7 Å². The second kappa shape index (κ2) is 3.89. The van der Waals surface area contributed by atoms with Gasteiger partial charge >= 0.3 is 0 Å². The second-order valence-electron chi connectivity index (χ2n) is 4.08. The van der Waals surface area contributed by atoms with Crippen LogP contribution in [0, 0.1) is 13.8 Å². The zero-order valence-electron chi connectivity index (χ0n) is 9.41. The zero-order chi connectivity index (χ0) is 10.8. The molecule has 0 aliphatic rings. The van der Waals surface area contributed by atoms with Crippen LogP contribution in [0.3, 0.4) is 0 Å². The third kappa shape index (κ3) is 1.94. The molecule has 1 aromatic heterocycles. The molecule has 1 heterocycles. The van der Waals surface area contributed by atoms with Crippen molar-refractivity contribution < 1.29 is 0 Å². The van der Waals surface area contributed by atoms with Crippen LogP contribution in [0.4, 0.5) is 0 Å². The Morgan fingerprint density at radius 2 is 2.07 bits per heavy atom. The van der Waals surface area contributed by atoms with Crippen molar-refractivity contribution in [1.82, 2.24) is 9.97 Å². The van der Waals surface area contributed by atoms with E-state index >= 15 is 0 Å². The average molecular weight is 200 g/mol. The minimum absolute atomic E-state index is 0.358. The molecule has 2 rings (SSSR count).